The van der Waals surface area contributed by atoms with Crippen molar-refractivity contribution in [1.29, 1.82) is 0 Å². The maximum Gasteiger partial charge on any atom is 0.0432 e. The summed E-state index contributed by atoms with van der Waals surface area (Å²) in [7, 11) is 0. The second-order valence-electron chi connectivity index (χ2n) is 3.40. The highest BCUT2D eigenvalue weighted by Gasteiger charge is 2.04. The number of anilines is 1. The summed E-state index contributed by atoms with van der Waals surface area (Å²) in [6.07, 6.45) is 0. The first-order valence-electron chi connectivity index (χ1n) is 4.73. The monoisotopic (exact) mass is 395 g/mol. The van der Waals surface area contributed by atoms with Crippen LogP contribution in [0.25, 0.3) is 0 Å². The summed E-state index contributed by atoms with van der Waals surface area (Å²) in [5.41, 5.74) is 6.48. The minimum Gasteiger partial charge on any atom is -0.399 e. The predicted octanol–water partition coefficient (Wildman–Crippen LogP) is 5.33. The molecule has 2 N–H and O–H groups in total. The number of halogens is 3. The minimum atomic E-state index is 0.644. The topological polar surface area (TPSA) is 26.0 Å². The highest BCUT2D eigenvalue weighted by atomic mass is 127. The van der Waals surface area contributed by atoms with Gasteiger partial charge in [-0.2, -0.15) is 0 Å². The molecule has 0 aliphatic rings. The van der Waals surface area contributed by atoms with Crippen LogP contribution < -0.4 is 5.73 Å². The van der Waals surface area contributed by atoms with Crippen LogP contribution in [0.1, 0.15) is 0 Å². The molecule has 0 spiro atoms. The first-order valence-corrected chi connectivity index (χ1v) is 7.39. The van der Waals surface area contributed by atoms with Crippen LogP contribution in [0.4, 0.5) is 5.69 Å². The third kappa shape index (κ3) is 3.68. The average molecular weight is 396 g/mol. The van der Waals surface area contributed by atoms with E-state index >= 15 is 0 Å². The Bertz CT molecular complexity index is 540. The van der Waals surface area contributed by atoms with Crippen LogP contribution in [-0.2, 0) is 0 Å². The molecule has 0 fully saturated rings. The van der Waals surface area contributed by atoms with Gasteiger partial charge in [-0.1, -0.05) is 35.0 Å². The smallest absolute Gasteiger partial charge is 0.0432 e. The Labute approximate surface area is 128 Å². The van der Waals surface area contributed by atoms with Crippen molar-refractivity contribution in [3.05, 3.63) is 50.0 Å². The molecule has 0 heterocycles. The number of nitrogens with two attached hydrogens (primary N) is 1. The van der Waals surface area contributed by atoms with E-state index in [0.29, 0.717) is 10.0 Å². The maximum atomic E-state index is 5.96. The molecule has 2 rings (SSSR count). The Morgan fingerprint density at radius 3 is 2.24 bits per heavy atom. The van der Waals surface area contributed by atoms with Crippen molar-refractivity contribution in [1.82, 2.24) is 0 Å². The number of nitrogen functional groups attached to an aromatic ring is 1. The molecule has 0 saturated carbocycles. The fourth-order valence-electron chi connectivity index (χ4n) is 1.31. The van der Waals surface area contributed by atoms with Crippen LogP contribution in [0.15, 0.2) is 46.2 Å². The lowest BCUT2D eigenvalue weighted by molar-refractivity contribution is 1.37. The SMILES string of the molecule is Nc1ccc(Sc2cc(Cl)cc(Cl)c2)c(I)c1. The molecule has 2 aromatic carbocycles. The van der Waals surface area contributed by atoms with E-state index in [1.54, 1.807) is 17.8 Å². The van der Waals surface area contributed by atoms with Gasteiger partial charge in [-0.25, -0.2) is 0 Å². The molecular formula is C12H8Cl2INS. The Hall–Kier alpha value is -0.100. The summed E-state index contributed by atoms with van der Waals surface area (Å²) in [6.45, 7) is 0. The lowest BCUT2D eigenvalue weighted by Crippen LogP contribution is -1.86. The highest BCUT2D eigenvalue weighted by Crippen LogP contribution is 2.35. The van der Waals surface area contributed by atoms with Crippen LogP contribution in [-0.4, -0.2) is 0 Å². The average Bonchev–Trinajstić information content (AvgIpc) is 2.21. The number of hydrogen-bond acceptors (Lipinski definition) is 2. The summed E-state index contributed by atoms with van der Waals surface area (Å²) in [4.78, 5) is 2.16. The van der Waals surface area contributed by atoms with Crippen molar-refractivity contribution in [2.45, 2.75) is 9.79 Å². The van der Waals surface area contributed by atoms with E-state index in [1.165, 1.54) is 0 Å². The van der Waals surface area contributed by atoms with Crippen molar-refractivity contribution < 1.29 is 0 Å². The van der Waals surface area contributed by atoms with Crippen LogP contribution in [0.2, 0.25) is 10.0 Å². The number of benzene rings is 2. The van der Waals surface area contributed by atoms with Gasteiger partial charge < -0.3 is 5.73 Å². The molecule has 0 aliphatic heterocycles. The van der Waals surface area contributed by atoms with E-state index in [1.807, 2.05) is 30.3 Å². The molecule has 88 valence electrons. The van der Waals surface area contributed by atoms with Crippen LogP contribution in [0, 0.1) is 3.57 Å². The maximum absolute atomic E-state index is 5.96. The van der Waals surface area contributed by atoms with E-state index in [-0.39, 0.29) is 0 Å². The molecule has 0 bridgehead atoms. The van der Waals surface area contributed by atoms with Gasteiger partial charge >= 0.3 is 0 Å². The van der Waals surface area contributed by atoms with Gasteiger partial charge in [0.25, 0.3) is 0 Å². The van der Waals surface area contributed by atoms with Crippen molar-refractivity contribution >= 4 is 63.2 Å². The standard InChI is InChI=1S/C12H8Cl2INS/c13-7-3-8(14)5-10(4-7)17-12-2-1-9(16)6-11(12)15/h1-6H,16H2. The summed E-state index contributed by atoms with van der Waals surface area (Å²) < 4.78 is 1.11. The largest absolute Gasteiger partial charge is 0.399 e. The molecular weight excluding hydrogens is 388 g/mol. The van der Waals surface area contributed by atoms with Gasteiger partial charge in [0, 0.05) is 29.1 Å². The fraction of sp³-hybridized carbons (Fsp3) is 0. The zero-order valence-corrected chi connectivity index (χ0v) is 13.1. The molecule has 2 aromatic rings. The van der Waals surface area contributed by atoms with Crippen molar-refractivity contribution in [2.24, 2.45) is 0 Å². The van der Waals surface area contributed by atoms with Gasteiger partial charge in [0.2, 0.25) is 0 Å². The molecule has 5 heteroatoms. The summed E-state index contributed by atoms with van der Waals surface area (Å²) >= 11 is 15.8. The zero-order valence-electron chi connectivity index (χ0n) is 8.58. The summed E-state index contributed by atoms with van der Waals surface area (Å²) in [5.74, 6) is 0. The van der Waals surface area contributed by atoms with E-state index in [9.17, 15) is 0 Å². The van der Waals surface area contributed by atoms with E-state index in [0.717, 1.165) is 19.0 Å². The molecule has 17 heavy (non-hydrogen) atoms. The first-order chi connectivity index (χ1) is 8.04. The molecule has 0 unspecified atom stereocenters. The van der Waals surface area contributed by atoms with Gasteiger partial charge in [-0.3, -0.25) is 0 Å². The van der Waals surface area contributed by atoms with Gasteiger partial charge in [-0.05, 0) is 59.0 Å². The highest BCUT2D eigenvalue weighted by molar-refractivity contribution is 14.1. The molecule has 0 radical (unpaired) electrons. The number of hydrogen-bond donors (Lipinski definition) is 1. The van der Waals surface area contributed by atoms with Crippen LogP contribution >= 0.6 is 57.6 Å². The van der Waals surface area contributed by atoms with Crippen molar-refractivity contribution in [2.75, 3.05) is 5.73 Å². The first kappa shape index (κ1) is 13.3. The van der Waals surface area contributed by atoms with Gasteiger partial charge in [0.05, 0.1) is 0 Å². The van der Waals surface area contributed by atoms with Crippen molar-refractivity contribution in [3.63, 3.8) is 0 Å². The summed E-state index contributed by atoms with van der Waals surface area (Å²) in [5, 5.41) is 1.29. The fourth-order valence-corrected chi connectivity index (χ4v) is 3.76. The van der Waals surface area contributed by atoms with E-state index in [2.05, 4.69) is 22.6 Å². The molecule has 0 aromatic heterocycles. The zero-order chi connectivity index (χ0) is 12.4. The molecule has 0 atom stereocenters. The second kappa shape index (κ2) is 5.69. The minimum absolute atomic E-state index is 0.644. The third-order valence-electron chi connectivity index (χ3n) is 2.02. The normalized spacial score (nSPS) is 10.5. The number of rotatable bonds is 2. The van der Waals surface area contributed by atoms with E-state index in [4.69, 9.17) is 28.9 Å². The second-order valence-corrected chi connectivity index (χ2v) is 6.55. The third-order valence-corrected chi connectivity index (χ3v) is 4.76. The Kier molecular flexibility index (Phi) is 4.47. The van der Waals surface area contributed by atoms with Gasteiger partial charge in [0.15, 0.2) is 0 Å². The van der Waals surface area contributed by atoms with Gasteiger partial charge in [-0.15, -0.1) is 0 Å². The van der Waals surface area contributed by atoms with Gasteiger partial charge in [0.1, 0.15) is 0 Å². The Morgan fingerprint density at radius 2 is 1.65 bits per heavy atom. The Morgan fingerprint density at radius 1 is 1.00 bits per heavy atom. The molecule has 0 amide bonds. The van der Waals surface area contributed by atoms with Crippen molar-refractivity contribution in [3.8, 4) is 0 Å². The molecule has 0 aliphatic carbocycles. The Balaban J connectivity index is 2.31. The lowest BCUT2D eigenvalue weighted by atomic mass is 10.3. The molecule has 0 saturated heterocycles. The van der Waals surface area contributed by atoms with E-state index < -0.39 is 0 Å². The van der Waals surface area contributed by atoms with Crippen LogP contribution in [0.5, 0.6) is 0 Å². The quantitative estimate of drug-likeness (QED) is 0.549. The molecule has 1 nitrogen and oxygen atoms in total. The summed E-state index contributed by atoms with van der Waals surface area (Å²) in [6, 6.07) is 11.3. The predicted molar refractivity (Wildman–Crippen MR) is 84.2 cm³/mol. The lowest BCUT2D eigenvalue weighted by Gasteiger charge is -2.06. The van der Waals surface area contributed by atoms with Crippen LogP contribution in [0.3, 0.4) is 0 Å².